The summed E-state index contributed by atoms with van der Waals surface area (Å²) in [5.74, 6) is 3.44. The summed E-state index contributed by atoms with van der Waals surface area (Å²) < 4.78 is 24.0. The zero-order chi connectivity index (χ0) is 43.1. The molecule has 0 amide bonds. The molecule has 4 aliphatic heterocycles. The van der Waals surface area contributed by atoms with Gasteiger partial charge in [-0.25, -0.2) is 9.97 Å². The number of thioether (sulfide) groups is 2. The van der Waals surface area contributed by atoms with Crippen molar-refractivity contribution in [3.63, 3.8) is 0 Å². The maximum absolute atomic E-state index is 10.7. The summed E-state index contributed by atoms with van der Waals surface area (Å²) in [5.41, 5.74) is 8.08. The highest BCUT2D eigenvalue weighted by Gasteiger charge is 2.38. The molecule has 1 aromatic carbocycles. The standard InChI is InChI=1S/C48H58N8O4S2/c1-47(2)28-37-39(30-49)45(53-44(41(37)32-59-47)56-19-22-58-23-20-56)62-25-12-36-26-35(10-13-51-36)27-48(3)29-38-40(31-50)46(61-24-11-34-8-6-5-7-9-34)52-43(42(38)33-60-48)55-16-14-54(15-17-55)18-21-57-4/h5-10,13,26H,11-12,14-25,27-29,32-33H2,1-4H3. The lowest BCUT2D eigenvalue weighted by molar-refractivity contribution is -0.0537. The number of pyridine rings is 3. The van der Waals surface area contributed by atoms with Gasteiger partial charge in [-0.2, -0.15) is 10.5 Å². The number of aromatic nitrogens is 3. The number of aryl methyl sites for hydroxylation is 2. The molecule has 4 aliphatic rings. The van der Waals surface area contributed by atoms with E-state index in [0.29, 0.717) is 56.8 Å². The van der Waals surface area contributed by atoms with Gasteiger partial charge in [0.15, 0.2) is 0 Å². The smallest absolute Gasteiger partial charge is 0.135 e. The van der Waals surface area contributed by atoms with E-state index in [4.69, 9.17) is 33.9 Å². The van der Waals surface area contributed by atoms with E-state index in [1.807, 2.05) is 12.3 Å². The number of nitriles is 2. The average Bonchev–Trinajstić information content (AvgIpc) is 3.28. The van der Waals surface area contributed by atoms with E-state index in [-0.39, 0.29) is 5.60 Å². The van der Waals surface area contributed by atoms with Crippen LogP contribution in [0.4, 0.5) is 11.6 Å². The minimum Gasteiger partial charge on any atom is -0.383 e. The predicted molar refractivity (Wildman–Crippen MR) is 244 cm³/mol. The quantitative estimate of drug-likeness (QED) is 0.116. The summed E-state index contributed by atoms with van der Waals surface area (Å²) in [6.07, 6.45) is 5.48. The molecule has 62 heavy (non-hydrogen) atoms. The Kier molecular flexibility index (Phi) is 14.4. The van der Waals surface area contributed by atoms with Crippen LogP contribution in [0.5, 0.6) is 0 Å². The van der Waals surface area contributed by atoms with Crippen LogP contribution in [-0.2, 0) is 64.3 Å². The van der Waals surface area contributed by atoms with Gasteiger partial charge in [0.05, 0.1) is 55.4 Å². The Bertz CT molecular complexity index is 2290. The van der Waals surface area contributed by atoms with Gasteiger partial charge in [-0.05, 0) is 68.0 Å². The molecule has 1 unspecified atom stereocenters. The van der Waals surface area contributed by atoms with Crippen molar-refractivity contribution >= 4 is 35.2 Å². The zero-order valence-corrected chi connectivity index (χ0v) is 38.2. The van der Waals surface area contributed by atoms with Crippen molar-refractivity contribution < 1.29 is 18.9 Å². The Balaban J connectivity index is 0.991. The second-order valence-corrected chi connectivity index (χ2v) is 19.6. The molecule has 12 nitrogen and oxygen atoms in total. The predicted octanol–water partition coefficient (Wildman–Crippen LogP) is 6.81. The molecule has 0 bridgehead atoms. The van der Waals surface area contributed by atoms with Gasteiger partial charge < -0.3 is 28.7 Å². The number of hydrogen-bond acceptors (Lipinski definition) is 14. The van der Waals surface area contributed by atoms with Gasteiger partial charge in [-0.15, -0.1) is 23.5 Å². The first-order valence-corrected chi connectivity index (χ1v) is 23.8. The van der Waals surface area contributed by atoms with E-state index in [1.165, 1.54) is 5.56 Å². The number of hydrogen-bond donors (Lipinski definition) is 0. The maximum atomic E-state index is 10.7. The number of nitrogens with zero attached hydrogens (tertiary/aromatic N) is 8. The van der Waals surface area contributed by atoms with Gasteiger partial charge in [0, 0.05) is 107 Å². The van der Waals surface area contributed by atoms with Crippen molar-refractivity contribution in [1.82, 2.24) is 19.9 Å². The molecule has 2 saturated heterocycles. The van der Waals surface area contributed by atoms with Gasteiger partial charge >= 0.3 is 0 Å². The van der Waals surface area contributed by atoms with E-state index in [1.54, 1.807) is 30.6 Å². The van der Waals surface area contributed by atoms with Crippen LogP contribution in [0.25, 0.3) is 0 Å². The van der Waals surface area contributed by atoms with Crippen molar-refractivity contribution in [2.75, 3.05) is 94.0 Å². The van der Waals surface area contributed by atoms with Crippen molar-refractivity contribution in [3.8, 4) is 12.1 Å². The first kappa shape index (κ1) is 44.4. The molecule has 4 aromatic rings. The molecule has 0 spiro atoms. The van der Waals surface area contributed by atoms with Gasteiger partial charge in [-0.3, -0.25) is 9.88 Å². The summed E-state index contributed by atoms with van der Waals surface area (Å²) in [7, 11) is 1.75. The lowest BCUT2D eigenvalue weighted by Gasteiger charge is -2.40. The second kappa shape index (κ2) is 20.1. The molecule has 1 atom stereocenters. The normalized spacial score (nSPS) is 20.0. The van der Waals surface area contributed by atoms with Crippen molar-refractivity contribution in [1.29, 1.82) is 10.5 Å². The Morgan fingerprint density at radius 2 is 1.37 bits per heavy atom. The highest BCUT2D eigenvalue weighted by molar-refractivity contribution is 7.99. The third-order valence-electron chi connectivity index (χ3n) is 12.4. The Morgan fingerprint density at radius 3 is 2.03 bits per heavy atom. The topological polar surface area (TPSA) is 133 Å². The molecule has 2 fully saturated rings. The zero-order valence-electron chi connectivity index (χ0n) is 36.6. The summed E-state index contributed by atoms with van der Waals surface area (Å²) in [4.78, 5) is 22.3. The molecule has 0 saturated carbocycles. The molecule has 7 heterocycles. The van der Waals surface area contributed by atoms with Gasteiger partial charge in [0.2, 0.25) is 0 Å². The highest BCUT2D eigenvalue weighted by Crippen LogP contribution is 2.41. The second-order valence-electron chi connectivity index (χ2n) is 17.4. The molecule has 3 aromatic heterocycles. The lowest BCUT2D eigenvalue weighted by Crippen LogP contribution is -2.48. The molecular weight excluding hydrogens is 817 g/mol. The van der Waals surface area contributed by atoms with Crippen molar-refractivity contribution in [3.05, 3.63) is 98.9 Å². The molecule has 326 valence electrons. The van der Waals surface area contributed by atoms with Crippen LogP contribution in [0.2, 0.25) is 0 Å². The van der Waals surface area contributed by atoms with Crippen LogP contribution in [0, 0.1) is 22.7 Å². The van der Waals surface area contributed by atoms with E-state index >= 15 is 0 Å². The number of methoxy groups -OCH3 is 1. The number of morpholine rings is 1. The third kappa shape index (κ3) is 10.4. The number of rotatable bonds is 15. The van der Waals surface area contributed by atoms with E-state index in [9.17, 15) is 10.5 Å². The molecular formula is C48H58N8O4S2. The van der Waals surface area contributed by atoms with Crippen LogP contribution in [-0.4, -0.2) is 115 Å². The Hall–Kier alpha value is -4.25. The largest absolute Gasteiger partial charge is 0.383 e. The van der Waals surface area contributed by atoms with Crippen molar-refractivity contribution in [2.24, 2.45) is 0 Å². The summed E-state index contributed by atoms with van der Waals surface area (Å²) in [6, 6.07) is 19.9. The summed E-state index contributed by atoms with van der Waals surface area (Å²) in [6.45, 7) is 15.3. The molecule has 14 heteroatoms. The van der Waals surface area contributed by atoms with Crippen LogP contribution < -0.4 is 9.80 Å². The van der Waals surface area contributed by atoms with E-state index in [2.05, 4.69) is 84.0 Å². The minimum atomic E-state index is -0.530. The number of piperazine rings is 1. The number of fused-ring (bicyclic) bond motifs is 2. The first-order valence-electron chi connectivity index (χ1n) is 21.9. The number of benzene rings is 1. The highest BCUT2D eigenvalue weighted by atomic mass is 32.2. The monoisotopic (exact) mass is 874 g/mol. The molecule has 0 aliphatic carbocycles. The van der Waals surface area contributed by atoms with Crippen LogP contribution in [0.1, 0.15) is 71.0 Å². The van der Waals surface area contributed by atoms with E-state index in [0.717, 1.165) is 132 Å². The molecule has 0 radical (unpaired) electrons. The van der Waals surface area contributed by atoms with Crippen LogP contribution >= 0.6 is 23.5 Å². The Labute approximate surface area is 375 Å². The average molecular weight is 875 g/mol. The maximum Gasteiger partial charge on any atom is 0.135 e. The minimum absolute atomic E-state index is 0.353. The summed E-state index contributed by atoms with van der Waals surface area (Å²) in [5, 5.41) is 22.8. The molecule has 8 rings (SSSR count). The number of anilines is 2. The fourth-order valence-corrected chi connectivity index (χ4v) is 11.0. The fraction of sp³-hybridized carbons (Fsp3) is 0.521. The SMILES string of the molecule is COCCN1CCN(c2nc(SCCc3ccccc3)c(C#N)c3c2COC(C)(Cc2ccnc(CCSc4nc(N5CCOCC5)c5c(c4C#N)CC(C)(C)OC5)c2)C3)CC1. The Morgan fingerprint density at radius 1 is 0.742 bits per heavy atom. The first-order chi connectivity index (χ1) is 30.2. The van der Waals surface area contributed by atoms with Gasteiger partial charge in [0.1, 0.15) is 33.8 Å². The molecule has 0 N–H and O–H groups in total. The van der Waals surface area contributed by atoms with Crippen LogP contribution in [0.15, 0.2) is 58.7 Å². The van der Waals surface area contributed by atoms with Gasteiger partial charge in [0.25, 0.3) is 0 Å². The number of ether oxygens (including phenoxy) is 4. The fourth-order valence-electron chi connectivity index (χ4n) is 9.00. The summed E-state index contributed by atoms with van der Waals surface area (Å²) >= 11 is 3.31. The third-order valence-corrected chi connectivity index (χ3v) is 14.3. The van der Waals surface area contributed by atoms with E-state index < -0.39 is 5.60 Å². The van der Waals surface area contributed by atoms with Gasteiger partial charge in [-0.1, -0.05) is 30.3 Å². The van der Waals surface area contributed by atoms with Crippen LogP contribution in [0.3, 0.4) is 0 Å². The van der Waals surface area contributed by atoms with Crippen molar-refractivity contribution in [2.45, 2.75) is 87.3 Å². The lowest BCUT2D eigenvalue weighted by atomic mass is 9.84.